The highest BCUT2D eigenvalue weighted by Crippen LogP contribution is 2.31. The minimum absolute atomic E-state index is 0.297. The third kappa shape index (κ3) is 3.13. The van der Waals surface area contributed by atoms with Gasteiger partial charge in [-0.05, 0) is 19.4 Å². The zero-order chi connectivity index (χ0) is 11.4. The molecule has 0 N–H and O–H groups in total. The van der Waals surface area contributed by atoms with E-state index in [4.69, 9.17) is 34.8 Å². The number of pyridine rings is 1. The Hall–Kier alpha value is -0.180. The average molecular weight is 268 g/mol. The first-order valence-electron chi connectivity index (χ1n) is 4.86. The topological polar surface area (TPSA) is 16.1 Å². The van der Waals surface area contributed by atoms with Gasteiger partial charge in [0.1, 0.15) is 11.0 Å². The fraction of sp³-hybridized carbons (Fsp3) is 0.500. The number of hydrogen-bond donors (Lipinski definition) is 0. The molecule has 0 bridgehead atoms. The van der Waals surface area contributed by atoms with Crippen molar-refractivity contribution in [1.82, 2.24) is 4.98 Å². The summed E-state index contributed by atoms with van der Waals surface area (Å²) in [5.74, 6) is 0.704. The predicted octanol–water partition coefficient (Wildman–Crippen LogP) is 4.28. The van der Waals surface area contributed by atoms with Crippen LogP contribution in [0.4, 0.5) is 5.82 Å². The Morgan fingerprint density at radius 3 is 2.40 bits per heavy atom. The normalized spacial score (nSPS) is 10.5. The first-order valence-corrected chi connectivity index (χ1v) is 6.00. The standard InChI is InChI=1S/C10H13Cl3N2/c1-3-5-15(4-2)10-8(12)6-7(11)9(13)14-10/h6H,3-5H2,1-2H3. The molecule has 5 heteroatoms. The number of nitrogens with zero attached hydrogens (tertiary/aromatic N) is 2. The van der Waals surface area contributed by atoms with Crippen LogP contribution in [0.5, 0.6) is 0 Å². The molecule has 0 atom stereocenters. The van der Waals surface area contributed by atoms with Crippen LogP contribution in [0.3, 0.4) is 0 Å². The fourth-order valence-electron chi connectivity index (χ4n) is 1.34. The van der Waals surface area contributed by atoms with Crippen LogP contribution < -0.4 is 4.90 Å². The van der Waals surface area contributed by atoms with Crippen LogP contribution in [0.25, 0.3) is 0 Å². The maximum Gasteiger partial charge on any atom is 0.150 e. The smallest absolute Gasteiger partial charge is 0.150 e. The largest absolute Gasteiger partial charge is 0.356 e. The maximum atomic E-state index is 6.06. The van der Waals surface area contributed by atoms with Crippen LogP contribution in [0, 0.1) is 0 Å². The maximum absolute atomic E-state index is 6.06. The number of aromatic nitrogens is 1. The zero-order valence-electron chi connectivity index (χ0n) is 8.73. The summed E-state index contributed by atoms with van der Waals surface area (Å²) in [5, 5.41) is 1.23. The van der Waals surface area contributed by atoms with Gasteiger partial charge in [-0.25, -0.2) is 4.98 Å². The average Bonchev–Trinajstić information content (AvgIpc) is 2.20. The van der Waals surface area contributed by atoms with Crippen molar-refractivity contribution in [3.05, 3.63) is 21.3 Å². The van der Waals surface area contributed by atoms with Crippen LogP contribution in [0.2, 0.25) is 15.2 Å². The summed E-state index contributed by atoms with van der Waals surface area (Å²) in [6.07, 6.45) is 1.03. The van der Waals surface area contributed by atoms with E-state index in [-0.39, 0.29) is 0 Å². The Labute approximate surface area is 105 Å². The van der Waals surface area contributed by atoms with E-state index in [0.717, 1.165) is 19.5 Å². The Morgan fingerprint density at radius 1 is 1.20 bits per heavy atom. The molecular weight excluding hydrogens is 254 g/mol. The second-order valence-electron chi connectivity index (χ2n) is 3.15. The summed E-state index contributed by atoms with van der Waals surface area (Å²) in [6, 6.07) is 1.63. The first-order chi connectivity index (χ1) is 7.10. The highest BCUT2D eigenvalue weighted by atomic mass is 35.5. The second-order valence-corrected chi connectivity index (χ2v) is 4.32. The van der Waals surface area contributed by atoms with Crippen molar-refractivity contribution in [2.24, 2.45) is 0 Å². The molecule has 0 aliphatic heterocycles. The molecule has 0 radical (unpaired) electrons. The lowest BCUT2D eigenvalue weighted by Gasteiger charge is -2.22. The minimum atomic E-state index is 0.297. The lowest BCUT2D eigenvalue weighted by molar-refractivity contribution is 0.779. The molecule has 0 aromatic carbocycles. The lowest BCUT2D eigenvalue weighted by atomic mass is 10.3. The van der Waals surface area contributed by atoms with E-state index in [1.54, 1.807) is 6.07 Å². The molecule has 0 unspecified atom stereocenters. The summed E-state index contributed by atoms with van der Waals surface area (Å²) < 4.78 is 0. The molecular formula is C10H13Cl3N2. The molecule has 0 aliphatic carbocycles. The lowest BCUT2D eigenvalue weighted by Crippen LogP contribution is -2.24. The molecule has 2 nitrogen and oxygen atoms in total. The number of rotatable bonds is 4. The van der Waals surface area contributed by atoms with E-state index in [0.29, 0.717) is 21.0 Å². The van der Waals surface area contributed by atoms with Crippen molar-refractivity contribution in [1.29, 1.82) is 0 Å². The summed E-state index contributed by atoms with van der Waals surface area (Å²) in [5.41, 5.74) is 0. The molecule has 1 heterocycles. The van der Waals surface area contributed by atoms with Gasteiger partial charge in [-0.2, -0.15) is 0 Å². The minimum Gasteiger partial charge on any atom is -0.356 e. The summed E-state index contributed by atoms with van der Waals surface area (Å²) in [7, 11) is 0. The van der Waals surface area contributed by atoms with Gasteiger partial charge in [-0.15, -0.1) is 0 Å². The SMILES string of the molecule is CCCN(CC)c1nc(Cl)c(Cl)cc1Cl. The van der Waals surface area contributed by atoms with E-state index in [2.05, 4.69) is 23.7 Å². The molecule has 0 aliphatic rings. The Morgan fingerprint density at radius 2 is 1.87 bits per heavy atom. The van der Waals surface area contributed by atoms with Gasteiger partial charge < -0.3 is 4.90 Å². The molecule has 0 fully saturated rings. The Balaban J connectivity index is 3.06. The molecule has 0 amide bonds. The predicted molar refractivity (Wildman–Crippen MR) is 67.4 cm³/mol. The zero-order valence-corrected chi connectivity index (χ0v) is 11.0. The van der Waals surface area contributed by atoms with Gasteiger partial charge in [0.15, 0.2) is 0 Å². The summed E-state index contributed by atoms with van der Waals surface area (Å²) in [6.45, 7) is 5.91. The van der Waals surface area contributed by atoms with Crippen molar-refractivity contribution in [3.63, 3.8) is 0 Å². The van der Waals surface area contributed by atoms with Crippen molar-refractivity contribution in [3.8, 4) is 0 Å². The molecule has 0 saturated carbocycles. The fourth-order valence-corrected chi connectivity index (χ4v) is 1.95. The van der Waals surface area contributed by atoms with E-state index in [1.165, 1.54) is 0 Å². The molecule has 1 aromatic heterocycles. The number of anilines is 1. The Bertz CT molecular complexity index is 342. The molecule has 0 saturated heterocycles. The van der Waals surface area contributed by atoms with Gasteiger partial charge in [0.25, 0.3) is 0 Å². The van der Waals surface area contributed by atoms with Gasteiger partial charge in [0.2, 0.25) is 0 Å². The van der Waals surface area contributed by atoms with Gasteiger partial charge in [-0.1, -0.05) is 41.7 Å². The quantitative estimate of drug-likeness (QED) is 0.757. The van der Waals surface area contributed by atoms with Crippen LogP contribution in [0.1, 0.15) is 20.3 Å². The number of hydrogen-bond acceptors (Lipinski definition) is 2. The van der Waals surface area contributed by atoms with E-state index >= 15 is 0 Å². The van der Waals surface area contributed by atoms with E-state index in [9.17, 15) is 0 Å². The monoisotopic (exact) mass is 266 g/mol. The molecule has 15 heavy (non-hydrogen) atoms. The van der Waals surface area contributed by atoms with E-state index < -0.39 is 0 Å². The summed E-state index contributed by atoms with van der Waals surface area (Å²) in [4.78, 5) is 6.26. The molecule has 1 rings (SSSR count). The van der Waals surface area contributed by atoms with Crippen molar-refractivity contribution < 1.29 is 0 Å². The second kappa shape index (κ2) is 5.78. The number of halogens is 3. The van der Waals surface area contributed by atoms with Gasteiger partial charge in [0, 0.05) is 13.1 Å². The highest BCUT2D eigenvalue weighted by Gasteiger charge is 2.12. The van der Waals surface area contributed by atoms with Crippen molar-refractivity contribution in [2.45, 2.75) is 20.3 Å². The highest BCUT2D eigenvalue weighted by molar-refractivity contribution is 6.42. The van der Waals surface area contributed by atoms with Gasteiger partial charge in [-0.3, -0.25) is 0 Å². The molecule has 84 valence electrons. The Kier molecular flexibility index (Phi) is 4.97. The molecule has 0 spiro atoms. The van der Waals surface area contributed by atoms with E-state index in [1.807, 2.05) is 0 Å². The third-order valence-corrected chi connectivity index (χ3v) is 2.99. The van der Waals surface area contributed by atoms with Crippen LogP contribution in [0.15, 0.2) is 6.07 Å². The van der Waals surface area contributed by atoms with Gasteiger partial charge >= 0.3 is 0 Å². The molecule has 1 aromatic rings. The van der Waals surface area contributed by atoms with Crippen LogP contribution in [-0.4, -0.2) is 18.1 Å². The first kappa shape index (κ1) is 12.9. The van der Waals surface area contributed by atoms with Crippen molar-refractivity contribution >= 4 is 40.6 Å². The van der Waals surface area contributed by atoms with Crippen molar-refractivity contribution in [2.75, 3.05) is 18.0 Å². The van der Waals surface area contributed by atoms with Gasteiger partial charge in [0.05, 0.1) is 10.0 Å². The summed E-state index contributed by atoms with van der Waals surface area (Å²) >= 11 is 17.7. The van der Waals surface area contributed by atoms with Crippen LogP contribution >= 0.6 is 34.8 Å². The third-order valence-electron chi connectivity index (χ3n) is 2.04. The van der Waals surface area contributed by atoms with Crippen LogP contribution in [-0.2, 0) is 0 Å².